The molecule has 0 amide bonds. The number of hydrogen-bond acceptors (Lipinski definition) is 5. The molecule has 0 saturated heterocycles. The summed E-state index contributed by atoms with van der Waals surface area (Å²) >= 11 is 1.40. The van der Waals surface area contributed by atoms with Crippen LogP contribution in [0.25, 0.3) is 10.9 Å². The van der Waals surface area contributed by atoms with Gasteiger partial charge in [0, 0.05) is 13.0 Å². The zero-order chi connectivity index (χ0) is 16.0. The molecule has 23 heavy (non-hydrogen) atoms. The van der Waals surface area contributed by atoms with E-state index in [-0.39, 0.29) is 11.3 Å². The van der Waals surface area contributed by atoms with Gasteiger partial charge in [-0.1, -0.05) is 18.2 Å². The molecule has 6 heteroatoms. The number of thioether (sulfide) groups is 1. The van der Waals surface area contributed by atoms with Crippen molar-refractivity contribution in [2.24, 2.45) is 10.2 Å². The van der Waals surface area contributed by atoms with Crippen molar-refractivity contribution in [1.82, 2.24) is 4.57 Å². The molecule has 0 spiro atoms. The minimum Gasteiger partial charge on any atom is -0.307 e. The van der Waals surface area contributed by atoms with E-state index in [1.54, 1.807) is 6.92 Å². The van der Waals surface area contributed by atoms with E-state index in [0.29, 0.717) is 23.4 Å². The molecule has 5 nitrogen and oxygen atoms in total. The second kappa shape index (κ2) is 5.45. The number of nitrogens with zero attached hydrogens (tertiary/aromatic N) is 3. The summed E-state index contributed by atoms with van der Waals surface area (Å²) in [7, 11) is 0. The predicted octanol–water partition coefficient (Wildman–Crippen LogP) is 2.39. The molecular formula is C17H15N3O2S. The monoisotopic (exact) mass is 325 g/mol. The Bertz CT molecular complexity index is 956. The number of ketones is 1. The first-order valence-corrected chi connectivity index (χ1v) is 8.53. The molecule has 116 valence electrons. The summed E-state index contributed by atoms with van der Waals surface area (Å²) in [5.41, 5.74) is 3.61. The topological polar surface area (TPSA) is 63.8 Å². The third kappa shape index (κ3) is 2.43. The van der Waals surface area contributed by atoms with E-state index in [1.165, 1.54) is 17.3 Å². The van der Waals surface area contributed by atoms with Gasteiger partial charge in [0.2, 0.25) is 0 Å². The van der Waals surface area contributed by atoms with Gasteiger partial charge >= 0.3 is 0 Å². The molecule has 0 atom stereocenters. The lowest BCUT2D eigenvalue weighted by atomic mass is 10.1. The zero-order valence-corrected chi connectivity index (χ0v) is 13.5. The Morgan fingerprint density at radius 2 is 2.22 bits per heavy atom. The Kier molecular flexibility index (Phi) is 3.41. The van der Waals surface area contributed by atoms with Crippen molar-refractivity contribution in [2.45, 2.75) is 26.3 Å². The van der Waals surface area contributed by atoms with Gasteiger partial charge in [0.25, 0.3) is 5.56 Å². The van der Waals surface area contributed by atoms with E-state index < -0.39 is 0 Å². The first-order chi connectivity index (χ1) is 11.1. The Balaban J connectivity index is 1.69. The van der Waals surface area contributed by atoms with Crippen LogP contribution in [0, 0.1) is 0 Å². The van der Waals surface area contributed by atoms with Crippen molar-refractivity contribution >= 4 is 39.2 Å². The standard InChI is InChI=1S/C17H15N3O2S/c1-10(21)9-23-15-8-14(18-19-15)13-7-12-4-2-3-11-5-6-20(16(11)12)17(13)22/h2-4,7H,5-6,8-9H2,1H3. The highest BCUT2D eigenvalue weighted by atomic mass is 32.2. The SMILES string of the molecule is CC(=O)CSC1=NN=C(c2cc3cccc4c3n(c2=O)CC4)C1. The molecule has 0 fully saturated rings. The molecule has 0 radical (unpaired) electrons. The van der Waals surface area contributed by atoms with Gasteiger partial charge in [0.15, 0.2) is 0 Å². The number of aryl methyl sites for hydroxylation is 2. The molecule has 1 aromatic heterocycles. The fourth-order valence-corrected chi connectivity index (χ4v) is 3.83. The molecule has 2 aromatic rings. The minimum absolute atomic E-state index is 0.00854. The molecular weight excluding hydrogens is 310 g/mol. The van der Waals surface area contributed by atoms with Gasteiger partial charge in [-0.3, -0.25) is 9.59 Å². The van der Waals surface area contributed by atoms with Crippen LogP contribution >= 0.6 is 11.8 Å². The number of rotatable bonds is 3. The van der Waals surface area contributed by atoms with Crippen LogP contribution < -0.4 is 5.56 Å². The summed E-state index contributed by atoms with van der Waals surface area (Å²) in [6, 6.07) is 8.07. The third-order valence-electron chi connectivity index (χ3n) is 4.15. The smallest absolute Gasteiger partial charge is 0.260 e. The molecule has 1 aromatic carbocycles. The lowest BCUT2D eigenvalue weighted by Crippen LogP contribution is -2.25. The van der Waals surface area contributed by atoms with Gasteiger partial charge in [-0.2, -0.15) is 5.10 Å². The molecule has 0 N–H and O–H groups in total. The molecule has 4 rings (SSSR count). The van der Waals surface area contributed by atoms with Crippen molar-refractivity contribution in [3.63, 3.8) is 0 Å². The van der Waals surface area contributed by atoms with E-state index in [2.05, 4.69) is 16.3 Å². The van der Waals surface area contributed by atoms with Gasteiger partial charge < -0.3 is 4.57 Å². The van der Waals surface area contributed by atoms with Crippen molar-refractivity contribution < 1.29 is 4.79 Å². The van der Waals surface area contributed by atoms with Crippen LogP contribution in [0.5, 0.6) is 0 Å². The Labute approximate surface area is 137 Å². The highest BCUT2D eigenvalue weighted by Crippen LogP contribution is 2.26. The summed E-state index contributed by atoms with van der Waals surface area (Å²) in [6.45, 7) is 2.28. The minimum atomic E-state index is 0.00854. The van der Waals surface area contributed by atoms with E-state index in [4.69, 9.17) is 0 Å². The van der Waals surface area contributed by atoms with Crippen LogP contribution in [0.1, 0.15) is 24.5 Å². The van der Waals surface area contributed by atoms with Crippen LogP contribution in [-0.2, 0) is 17.8 Å². The Hall–Kier alpha value is -2.21. The van der Waals surface area contributed by atoms with Gasteiger partial charge in [-0.05, 0) is 30.4 Å². The van der Waals surface area contributed by atoms with Crippen molar-refractivity contribution in [3.05, 3.63) is 45.7 Å². The number of hydrogen-bond donors (Lipinski definition) is 0. The fraction of sp³-hybridized carbons (Fsp3) is 0.294. The van der Waals surface area contributed by atoms with E-state index in [9.17, 15) is 9.59 Å². The number of aromatic nitrogens is 1. The molecule has 0 aliphatic carbocycles. The summed E-state index contributed by atoms with van der Waals surface area (Å²) in [5.74, 6) is 0.505. The molecule has 0 unspecified atom stereocenters. The normalized spacial score (nSPS) is 15.9. The number of para-hydroxylation sites is 1. The number of Topliss-reactive ketones (excluding diaryl/α,β-unsaturated/α-hetero) is 1. The average molecular weight is 325 g/mol. The lowest BCUT2D eigenvalue weighted by molar-refractivity contribution is -0.114. The first kappa shape index (κ1) is 14.4. The summed E-state index contributed by atoms with van der Waals surface area (Å²) in [4.78, 5) is 23.9. The molecule has 0 bridgehead atoms. The maximum absolute atomic E-state index is 12.8. The molecule has 2 aliphatic heterocycles. The maximum atomic E-state index is 12.8. The average Bonchev–Trinajstić information content (AvgIpc) is 3.17. The predicted molar refractivity (Wildman–Crippen MR) is 93.6 cm³/mol. The molecule has 0 saturated carbocycles. The van der Waals surface area contributed by atoms with Gasteiger partial charge in [-0.15, -0.1) is 16.9 Å². The highest BCUT2D eigenvalue weighted by Gasteiger charge is 2.23. The number of benzene rings is 1. The third-order valence-corrected chi connectivity index (χ3v) is 5.26. The summed E-state index contributed by atoms with van der Waals surface area (Å²) in [6.07, 6.45) is 1.43. The van der Waals surface area contributed by atoms with Crippen LogP contribution in [-0.4, -0.2) is 26.9 Å². The zero-order valence-electron chi connectivity index (χ0n) is 12.7. The first-order valence-electron chi connectivity index (χ1n) is 7.55. The van der Waals surface area contributed by atoms with Crippen molar-refractivity contribution in [1.29, 1.82) is 0 Å². The Morgan fingerprint density at radius 3 is 3.04 bits per heavy atom. The molecule has 2 aliphatic rings. The second-order valence-corrected chi connectivity index (χ2v) is 6.88. The van der Waals surface area contributed by atoms with E-state index in [0.717, 1.165) is 28.9 Å². The maximum Gasteiger partial charge on any atom is 0.260 e. The second-order valence-electron chi connectivity index (χ2n) is 5.83. The molecule has 3 heterocycles. The van der Waals surface area contributed by atoms with Gasteiger partial charge in [0.05, 0.1) is 22.5 Å². The summed E-state index contributed by atoms with van der Waals surface area (Å²) in [5, 5.41) is 10.2. The van der Waals surface area contributed by atoms with Crippen LogP contribution in [0.2, 0.25) is 0 Å². The summed E-state index contributed by atoms with van der Waals surface area (Å²) < 4.78 is 1.85. The Morgan fingerprint density at radius 1 is 1.35 bits per heavy atom. The van der Waals surface area contributed by atoms with Crippen LogP contribution in [0.4, 0.5) is 0 Å². The largest absolute Gasteiger partial charge is 0.307 e. The number of carbonyl (C=O) groups excluding carboxylic acids is 1. The van der Waals surface area contributed by atoms with Crippen molar-refractivity contribution in [2.75, 3.05) is 5.75 Å². The fourth-order valence-electron chi connectivity index (χ4n) is 3.12. The van der Waals surface area contributed by atoms with Gasteiger partial charge in [-0.25, -0.2) is 0 Å². The van der Waals surface area contributed by atoms with Crippen LogP contribution in [0.3, 0.4) is 0 Å². The quantitative estimate of drug-likeness (QED) is 0.870. The van der Waals surface area contributed by atoms with E-state index in [1.807, 2.05) is 22.8 Å². The van der Waals surface area contributed by atoms with Gasteiger partial charge in [0.1, 0.15) is 10.8 Å². The van der Waals surface area contributed by atoms with E-state index >= 15 is 0 Å². The number of pyridine rings is 1. The van der Waals surface area contributed by atoms with Crippen molar-refractivity contribution in [3.8, 4) is 0 Å². The lowest BCUT2D eigenvalue weighted by Gasteiger charge is -2.08. The highest BCUT2D eigenvalue weighted by molar-refractivity contribution is 8.14. The number of carbonyl (C=O) groups is 1. The van der Waals surface area contributed by atoms with Crippen LogP contribution in [0.15, 0.2) is 39.3 Å².